The molecule has 2 aromatic carbocycles. The average Bonchev–Trinajstić information content (AvgIpc) is 3.16. The largest absolute Gasteiger partial charge is 0.273 e. The number of hydrogen-bond acceptors (Lipinski definition) is 5. The van der Waals surface area contributed by atoms with Gasteiger partial charge in [-0.25, -0.2) is 9.97 Å². The van der Waals surface area contributed by atoms with Gasteiger partial charge in [0.25, 0.3) is 5.91 Å². The van der Waals surface area contributed by atoms with E-state index >= 15 is 0 Å². The van der Waals surface area contributed by atoms with Gasteiger partial charge in [-0.2, -0.15) is 5.10 Å². The van der Waals surface area contributed by atoms with Gasteiger partial charge in [-0.05, 0) is 32.4 Å². The van der Waals surface area contributed by atoms with Crippen molar-refractivity contribution in [1.29, 1.82) is 0 Å². The van der Waals surface area contributed by atoms with E-state index in [4.69, 9.17) is 5.10 Å². The molecular weight excluding hydrogens is 388 g/mol. The molecular formula is C24H24N6O. The third-order valence-electron chi connectivity index (χ3n) is 4.79. The third kappa shape index (κ3) is 4.95. The quantitative estimate of drug-likeness (QED) is 0.466. The summed E-state index contributed by atoms with van der Waals surface area (Å²) < 4.78 is 1.78. The smallest absolute Gasteiger partial charge is 0.267 e. The molecule has 0 spiro atoms. The molecule has 0 saturated heterocycles. The molecule has 2 heterocycles. The molecule has 7 heteroatoms. The summed E-state index contributed by atoms with van der Waals surface area (Å²) in [6.45, 7) is 6.36. The van der Waals surface area contributed by atoms with E-state index in [1.165, 1.54) is 0 Å². The number of aryl methyl sites for hydroxylation is 3. The first-order valence-electron chi connectivity index (χ1n) is 10.0. The molecule has 2 N–H and O–H groups in total. The van der Waals surface area contributed by atoms with Crippen LogP contribution in [0.2, 0.25) is 0 Å². The number of amides is 1. The maximum atomic E-state index is 13.0. The first-order chi connectivity index (χ1) is 15.0. The number of rotatable bonds is 6. The second-order valence-electron chi connectivity index (χ2n) is 7.49. The van der Waals surface area contributed by atoms with Crippen LogP contribution in [0.4, 0.5) is 5.95 Å². The highest BCUT2D eigenvalue weighted by molar-refractivity contribution is 6.00. The number of nitrogens with one attached hydrogen (secondary N) is 2. The molecule has 4 rings (SSSR count). The molecule has 0 aliphatic rings. The predicted molar refractivity (Wildman–Crippen MR) is 121 cm³/mol. The zero-order valence-corrected chi connectivity index (χ0v) is 17.8. The Balaban J connectivity index is 1.62. The Kier molecular flexibility index (Phi) is 5.75. The van der Waals surface area contributed by atoms with Gasteiger partial charge < -0.3 is 0 Å². The minimum Gasteiger partial charge on any atom is -0.267 e. The van der Waals surface area contributed by atoms with E-state index in [1.807, 2.05) is 81.4 Å². The van der Waals surface area contributed by atoms with Crippen molar-refractivity contribution in [3.8, 4) is 11.3 Å². The summed E-state index contributed by atoms with van der Waals surface area (Å²) in [5, 5.41) is 4.71. The molecule has 4 aromatic rings. The van der Waals surface area contributed by atoms with Crippen LogP contribution in [0.3, 0.4) is 0 Å². The SMILES string of the molecule is Cc1ccc(-c2nn(Cc3ccccc3)cc2C(=O)NNc2nc(C)cc(C)n2)cc1. The van der Waals surface area contributed by atoms with Gasteiger partial charge in [-0.15, -0.1) is 0 Å². The van der Waals surface area contributed by atoms with Gasteiger partial charge >= 0.3 is 0 Å². The van der Waals surface area contributed by atoms with Crippen molar-refractivity contribution < 1.29 is 4.79 Å². The molecule has 0 aliphatic carbocycles. The summed E-state index contributed by atoms with van der Waals surface area (Å²) in [6, 6.07) is 19.9. The monoisotopic (exact) mass is 412 g/mol. The van der Waals surface area contributed by atoms with Crippen molar-refractivity contribution in [2.75, 3.05) is 5.43 Å². The van der Waals surface area contributed by atoms with Crippen molar-refractivity contribution in [3.05, 3.63) is 94.9 Å². The molecule has 156 valence electrons. The van der Waals surface area contributed by atoms with Crippen LogP contribution in [-0.2, 0) is 6.54 Å². The third-order valence-corrected chi connectivity index (χ3v) is 4.79. The van der Waals surface area contributed by atoms with Crippen LogP contribution in [0.5, 0.6) is 0 Å². The maximum absolute atomic E-state index is 13.0. The standard InChI is InChI=1S/C24H24N6O/c1-16-9-11-20(12-10-16)22-21(15-30(29-22)14-19-7-5-4-6-8-19)23(31)27-28-24-25-17(2)13-18(3)26-24/h4-13,15H,14H2,1-3H3,(H,27,31)(H,25,26,28). The van der Waals surface area contributed by atoms with Crippen molar-refractivity contribution in [2.45, 2.75) is 27.3 Å². The number of carbonyl (C=O) groups is 1. The molecule has 0 bridgehead atoms. The van der Waals surface area contributed by atoms with Crippen LogP contribution in [0.25, 0.3) is 11.3 Å². The normalized spacial score (nSPS) is 10.7. The van der Waals surface area contributed by atoms with E-state index in [0.717, 1.165) is 28.1 Å². The number of nitrogens with zero attached hydrogens (tertiary/aromatic N) is 4. The predicted octanol–water partition coefficient (Wildman–Crippen LogP) is 4.07. The molecule has 7 nitrogen and oxygen atoms in total. The zero-order valence-electron chi connectivity index (χ0n) is 17.8. The lowest BCUT2D eigenvalue weighted by Gasteiger charge is -2.08. The van der Waals surface area contributed by atoms with Gasteiger partial charge in [0.2, 0.25) is 5.95 Å². The highest BCUT2D eigenvalue weighted by Gasteiger charge is 2.18. The lowest BCUT2D eigenvalue weighted by atomic mass is 10.1. The number of hydrazine groups is 1. The first kappa shape index (κ1) is 20.3. The molecule has 2 aromatic heterocycles. The summed E-state index contributed by atoms with van der Waals surface area (Å²) in [5.74, 6) is 0.0389. The Morgan fingerprint density at radius 2 is 1.61 bits per heavy atom. The van der Waals surface area contributed by atoms with Crippen LogP contribution in [0.1, 0.15) is 32.9 Å². The average molecular weight is 412 g/mol. The van der Waals surface area contributed by atoms with E-state index in [2.05, 4.69) is 20.8 Å². The number of anilines is 1. The fourth-order valence-corrected chi connectivity index (χ4v) is 3.33. The Bertz CT molecular complexity index is 1180. The number of aromatic nitrogens is 4. The minimum absolute atomic E-state index is 0.308. The van der Waals surface area contributed by atoms with Crippen LogP contribution < -0.4 is 10.9 Å². The highest BCUT2D eigenvalue weighted by Crippen LogP contribution is 2.23. The Labute approximate surface area is 181 Å². The molecule has 1 amide bonds. The molecule has 0 unspecified atom stereocenters. The van der Waals surface area contributed by atoms with E-state index in [-0.39, 0.29) is 5.91 Å². The Morgan fingerprint density at radius 1 is 0.935 bits per heavy atom. The summed E-state index contributed by atoms with van der Waals surface area (Å²) in [6.07, 6.45) is 1.77. The van der Waals surface area contributed by atoms with Crippen molar-refractivity contribution in [2.24, 2.45) is 0 Å². The van der Waals surface area contributed by atoms with Gasteiger partial charge in [0.05, 0.1) is 12.1 Å². The van der Waals surface area contributed by atoms with Crippen molar-refractivity contribution >= 4 is 11.9 Å². The number of hydrogen-bond donors (Lipinski definition) is 2. The van der Waals surface area contributed by atoms with Gasteiger partial charge in [0.1, 0.15) is 5.69 Å². The van der Waals surface area contributed by atoms with Crippen LogP contribution in [0, 0.1) is 20.8 Å². The zero-order chi connectivity index (χ0) is 21.8. The van der Waals surface area contributed by atoms with Crippen LogP contribution >= 0.6 is 0 Å². The molecule has 0 radical (unpaired) electrons. The summed E-state index contributed by atoms with van der Waals surface area (Å²) >= 11 is 0. The maximum Gasteiger partial charge on any atom is 0.273 e. The number of carbonyl (C=O) groups excluding carboxylic acids is 1. The summed E-state index contributed by atoms with van der Waals surface area (Å²) in [5.41, 5.74) is 11.4. The Morgan fingerprint density at radius 3 is 2.29 bits per heavy atom. The van der Waals surface area contributed by atoms with Crippen LogP contribution in [-0.4, -0.2) is 25.7 Å². The van der Waals surface area contributed by atoms with Crippen LogP contribution in [0.15, 0.2) is 66.9 Å². The summed E-state index contributed by atoms with van der Waals surface area (Å²) in [7, 11) is 0. The molecule has 0 saturated carbocycles. The molecule has 0 fully saturated rings. The van der Waals surface area contributed by atoms with Gasteiger partial charge in [0, 0.05) is 23.1 Å². The Hall–Kier alpha value is -4.00. The number of benzene rings is 2. The fraction of sp³-hybridized carbons (Fsp3) is 0.167. The molecule has 0 aliphatic heterocycles. The topological polar surface area (TPSA) is 84.7 Å². The van der Waals surface area contributed by atoms with E-state index in [9.17, 15) is 4.79 Å². The van der Waals surface area contributed by atoms with E-state index in [0.29, 0.717) is 23.8 Å². The second kappa shape index (κ2) is 8.79. The van der Waals surface area contributed by atoms with E-state index in [1.54, 1.807) is 10.9 Å². The first-order valence-corrected chi connectivity index (χ1v) is 10.0. The lowest BCUT2D eigenvalue weighted by molar-refractivity contribution is 0.0962. The molecule has 0 atom stereocenters. The second-order valence-corrected chi connectivity index (χ2v) is 7.49. The minimum atomic E-state index is -0.308. The van der Waals surface area contributed by atoms with Crippen molar-refractivity contribution in [1.82, 2.24) is 25.2 Å². The van der Waals surface area contributed by atoms with E-state index < -0.39 is 0 Å². The van der Waals surface area contributed by atoms with Crippen molar-refractivity contribution in [3.63, 3.8) is 0 Å². The summed E-state index contributed by atoms with van der Waals surface area (Å²) in [4.78, 5) is 21.6. The molecule has 31 heavy (non-hydrogen) atoms. The van der Waals surface area contributed by atoms with Gasteiger partial charge in [-0.3, -0.25) is 20.3 Å². The van der Waals surface area contributed by atoms with Gasteiger partial charge in [-0.1, -0.05) is 60.2 Å². The lowest BCUT2D eigenvalue weighted by Crippen LogP contribution is -2.30. The van der Waals surface area contributed by atoms with Gasteiger partial charge in [0.15, 0.2) is 0 Å². The fourth-order valence-electron chi connectivity index (χ4n) is 3.33. The highest BCUT2D eigenvalue weighted by atomic mass is 16.2.